The summed E-state index contributed by atoms with van der Waals surface area (Å²) in [7, 11) is 7.70. The minimum atomic E-state index is 0.0378. The van der Waals surface area contributed by atoms with Crippen LogP contribution in [0.15, 0.2) is 29.6 Å². The fraction of sp³-hybridized carbons (Fsp3) is 0.250. The number of aromatic nitrogens is 1. The van der Waals surface area contributed by atoms with Gasteiger partial charge in [0.05, 0.1) is 41.2 Å². The number of hydrogen-bond acceptors (Lipinski definition) is 8. The maximum atomic E-state index is 10.2. The minimum absolute atomic E-state index is 0.0378. The van der Waals surface area contributed by atoms with Crippen molar-refractivity contribution in [3.63, 3.8) is 0 Å². The van der Waals surface area contributed by atoms with E-state index in [4.69, 9.17) is 23.7 Å². The molecule has 0 saturated carbocycles. The highest BCUT2D eigenvalue weighted by Gasteiger charge is 2.25. The van der Waals surface area contributed by atoms with E-state index in [0.29, 0.717) is 34.4 Å². The lowest BCUT2D eigenvalue weighted by Gasteiger charge is -2.18. The Morgan fingerprint density at radius 3 is 2.00 bits per heavy atom. The number of nitrogens with zero attached hydrogens (tertiary/aromatic N) is 1. The Morgan fingerprint density at radius 1 is 0.750 bits per heavy atom. The summed E-state index contributed by atoms with van der Waals surface area (Å²) >= 11 is 1.30. The van der Waals surface area contributed by atoms with Crippen LogP contribution in [0, 0.1) is 0 Å². The molecule has 3 aromatic rings. The molecule has 3 rings (SSSR count). The van der Waals surface area contributed by atoms with E-state index in [1.165, 1.54) is 32.9 Å². The molecule has 0 atom stereocenters. The quantitative estimate of drug-likeness (QED) is 0.632. The fourth-order valence-corrected chi connectivity index (χ4v) is 3.71. The second-order valence-corrected chi connectivity index (χ2v) is 6.32. The molecule has 28 heavy (non-hydrogen) atoms. The monoisotopic (exact) mass is 403 g/mol. The Balaban J connectivity index is 2.24. The van der Waals surface area contributed by atoms with Crippen LogP contribution >= 0.6 is 11.5 Å². The molecule has 8 heteroatoms. The summed E-state index contributed by atoms with van der Waals surface area (Å²) in [4.78, 5) is 0. The van der Waals surface area contributed by atoms with Crippen LogP contribution in [-0.4, -0.2) is 45.0 Å². The summed E-state index contributed by atoms with van der Waals surface area (Å²) in [6.07, 6.45) is 0. The first-order valence-corrected chi connectivity index (χ1v) is 9.12. The number of phenols is 1. The molecule has 1 aromatic heterocycles. The van der Waals surface area contributed by atoms with Gasteiger partial charge in [0.15, 0.2) is 23.0 Å². The number of benzene rings is 2. The molecule has 0 saturated heterocycles. The predicted octanol–water partition coefficient (Wildman–Crippen LogP) is 4.23. The van der Waals surface area contributed by atoms with Crippen molar-refractivity contribution in [3.8, 4) is 56.9 Å². The van der Waals surface area contributed by atoms with Crippen molar-refractivity contribution in [3.05, 3.63) is 29.6 Å². The van der Waals surface area contributed by atoms with Crippen LogP contribution in [0.5, 0.6) is 34.5 Å². The van der Waals surface area contributed by atoms with Gasteiger partial charge in [0.2, 0.25) is 11.5 Å². The highest BCUT2D eigenvalue weighted by atomic mass is 32.1. The molecule has 0 aliphatic rings. The Morgan fingerprint density at radius 2 is 1.43 bits per heavy atom. The van der Waals surface area contributed by atoms with E-state index < -0.39 is 0 Å². The van der Waals surface area contributed by atoms with Crippen LogP contribution in [-0.2, 0) is 0 Å². The lowest BCUT2D eigenvalue weighted by molar-refractivity contribution is 0.306. The zero-order chi connectivity index (χ0) is 20.3. The predicted molar refractivity (Wildman–Crippen MR) is 107 cm³/mol. The molecule has 0 radical (unpaired) electrons. The maximum absolute atomic E-state index is 10.2. The average molecular weight is 403 g/mol. The van der Waals surface area contributed by atoms with E-state index in [-0.39, 0.29) is 5.75 Å². The molecule has 0 fully saturated rings. The summed E-state index contributed by atoms with van der Waals surface area (Å²) in [6, 6.07) is 6.96. The van der Waals surface area contributed by atoms with Crippen molar-refractivity contribution < 1.29 is 28.8 Å². The van der Waals surface area contributed by atoms with E-state index in [0.717, 1.165) is 16.7 Å². The molecule has 0 spiro atoms. The van der Waals surface area contributed by atoms with Gasteiger partial charge in [-0.3, -0.25) is 0 Å². The zero-order valence-electron chi connectivity index (χ0n) is 16.2. The summed E-state index contributed by atoms with van der Waals surface area (Å²) in [6.45, 7) is 0. The minimum Gasteiger partial charge on any atom is -0.504 e. The topological polar surface area (TPSA) is 79.3 Å². The van der Waals surface area contributed by atoms with Gasteiger partial charge in [0.1, 0.15) is 0 Å². The fourth-order valence-electron chi connectivity index (χ4n) is 3.01. The van der Waals surface area contributed by atoms with Crippen molar-refractivity contribution in [2.24, 2.45) is 0 Å². The number of ether oxygens (including phenoxy) is 5. The smallest absolute Gasteiger partial charge is 0.207 e. The normalized spacial score (nSPS) is 10.5. The van der Waals surface area contributed by atoms with E-state index >= 15 is 0 Å². The second-order valence-electron chi connectivity index (χ2n) is 5.69. The molecule has 0 bridgehead atoms. The molecule has 0 unspecified atom stereocenters. The van der Waals surface area contributed by atoms with Crippen molar-refractivity contribution in [1.82, 2.24) is 4.37 Å². The summed E-state index contributed by atoms with van der Waals surface area (Å²) < 4.78 is 31.7. The van der Waals surface area contributed by atoms with Gasteiger partial charge in [0.25, 0.3) is 0 Å². The van der Waals surface area contributed by atoms with Gasteiger partial charge in [0, 0.05) is 22.1 Å². The number of aromatic hydroxyl groups is 1. The summed E-state index contributed by atoms with van der Waals surface area (Å²) in [5, 5.41) is 12.1. The van der Waals surface area contributed by atoms with E-state index in [2.05, 4.69) is 4.37 Å². The Hall–Kier alpha value is -3.13. The third-order valence-corrected chi connectivity index (χ3v) is 4.93. The first-order chi connectivity index (χ1) is 13.6. The van der Waals surface area contributed by atoms with Crippen LogP contribution < -0.4 is 23.7 Å². The van der Waals surface area contributed by atoms with Gasteiger partial charge >= 0.3 is 0 Å². The van der Waals surface area contributed by atoms with Crippen molar-refractivity contribution in [2.75, 3.05) is 35.5 Å². The van der Waals surface area contributed by atoms with E-state index in [1.807, 2.05) is 17.5 Å². The number of rotatable bonds is 7. The first kappa shape index (κ1) is 19.6. The highest BCUT2D eigenvalue weighted by molar-refractivity contribution is 7.04. The van der Waals surface area contributed by atoms with Crippen molar-refractivity contribution in [1.29, 1.82) is 0 Å². The van der Waals surface area contributed by atoms with E-state index in [1.54, 1.807) is 26.4 Å². The van der Waals surface area contributed by atoms with Crippen LogP contribution in [0.4, 0.5) is 0 Å². The number of hydrogen-bond donors (Lipinski definition) is 1. The van der Waals surface area contributed by atoms with Gasteiger partial charge in [-0.15, -0.1) is 0 Å². The molecule has 0 amide bonds. The van der Waals surface area contributed by atoms with E-state index in [9.17, 15) is 5.11 Å². The lowest BCUT2D eigenvalue weighted by atomic mass is 9.99. The molecule has 148 valence electrons. The number of phenolic OH excluding ortho intramolecular Hbond substituents is 1. The average Bonchev–Trinajstić information content (AvgIpc) is 3.21. The largest absolute Gasteiger partial charge is 0.504 e. The highest BCUT2D eigenvalue weighted by Crippen LogP contribution is 2.51. The Bertz CT molecular complexity index is 985. The molecule has 1 N–H and O–H groups in total. The zero-order valence-corrected chi connectivity index (χ0v) is 17.0. The maximum Gasteiger partial charge on any atom is 0.207 e. The van der Waals surface area contributed by atoms with Crippen LogP contribution in [0.25, 0.3) is 22.4 Å². The molecule has 7 nitrogen and oxygen atoms in total. The molecular formula is C20H21NO6S. The Labute approximate surface area is 167 Å². The van der Waals surface area contributed by atoms with Gasteiger partial charge in [-0.1, -0.05) is 0 Å². The van der Waals surface area contributed by atoms with Gasteiger partial charge < -0.3 is 28.8 Å². The second kappa shape index (κ2) is 8.26. The Kier molecular flexibility index (Phi) is 5.79. The number of methoxy groups -OCH3 is 5. The first-order valence-electron chi connectivity index (χ1n) is 8.28. The SMILES string of the molecule is COc1ccc(-c2nscc2-c2cc(OC)c(OC)c(OC)c2OC)cc1O. The van der Waals surface area contributed by atoms with Crippen molar-refractivity contribution in [2.45, 2.75) is 0 Å². The van der Waals surface area contributed by atoms with Gasteiger partial charge in [-0.2, -0.15) is 4.37 Å². The summed E-state index contributed by atoms with van der Waals surface area (Å²) in [5.41, 5.74) is 2.97. The van der Waals surface area contributed by atoms with Crippen LogP contribution in [0.2, 0.25) is 0 Å². The summed E-state index contributed by atoms with van der Waals surface area (Å²) in [5.74, 6) is 2.30. The molecule has 2 aromatic carbocycles. The third-order valence-electron chi connectivity index (χ3n) is 4.30. The lowest BCUT2D eigenvalue weighted by Crippen LogP contribution is -2.00. The van der Waals surface area contributed by atoms with Crippen molar-refractivity contribution >= 4 is 11.5 Å². The molecule has 1 heterocycles. The van der Waals surface area contributed by atoms with Crippen LogP contribution in [0.1, 0.15) is 0 Å². The molecular weight excluding hydrogens is 382 g/mol. The van der Waals surface area contributed by atoms with Crippen LogP contribution in [0.3, 0.4) is 0 Å². The van der Waals surface area contributed by atoms with Gasteiger partial charge in [-0.25, -0.2) is 0 Å². The molecule has 0 aliphatic carbocycles. The molecule has 0 aliphatic heterocycles. The van der Waals surface area contributed by atoms with Gasteiger partial charge in [-0.05, 0) is 35.8 Å². The third kappa shape index (κ3) is 3.27. The standard InChI is InChI=1S/C20H21NO6S/c1-23-15-7-6-11(8-14(15)22)17-13(10-28-21-17)12-9-16(24-2)19(26-4)20(27-5)18(12)25-3/h6-10,22H,1-5H3.